The van der Waals surface area contributed by atoms with Gasteiger partial charge in [0.05, 0.1) is 0 Å². The SMILES string of the molecule is [CH2]c1ccccc1Oc1ccccc1[CH2]. The Morgan fingerprint density at radius 3 is 1.47 bits per heavy atom. The third-order valence-electron chi connectivity index (χ3n) is 2.17. The molecule has 2 aromatic carbocycles. The standard InChI is InChI=1S/C14H12O/c1-11-7-3-5-9-13(11)15-14-10-6-4-8-12(14)2/h3-10H,1-2H2. The van der Waals surface area contributed by atoms with E-state index < -0.39 is 0 Å². The summed E-state index contributed by atoms with van der Waals surface area (Å²) in [6.45, 7) is 7.80. The number of hydrogen-bond acceptors (Lipinski definition) is 1. The molecule has 0 fully saturated rings. The maximum atomic E-state index is 5.71. The van der Waals surface area contributed by atoms with Crippen LogP contribution >= 0.6 is 0 Å². The Morgan fingerprint density at radius 2 is 1.07 bits per heavy atom. The molecule has 0 amide bonds. The third kappa shape index (κ3) is 2.18. The second-order valence-corrected chi connectivity index (χ2v) is 3.32. The zero-order valence-corrected chi connectivity index (χ0v) is 8.44. The van der Waals surface area contributed by atoms with Gasteiger partial charge in [-0.15, -0.1) is 0 Å². The van der Waals surface area contributed by atoms with Gasteiger partial charge in [0, 0.05) is 0 Å². The molecule has 74 valence electrons. The summed E-state index contributed by atoms with van der Waals surface area (Å²) in [6, 6.07) is 15.4. The Morgan fingerprint density at radius 1 is 0.667 bits per heavy atom. The Kier molecular flexibility index (Phi) is 2.72. The minimum atomic E-state index is 0.772. The maximum Gasteiger partial charge on any atom is 0.130 e. The normalized spacial score (nSPS) is 10.0. The van der Waals surface area contributed by atoms with Crippen molar-refractivity contribution >= 4 is 0 Å². The van der Waals surface area contributed by atoms with E-state index in [4.69, 9.17) is 4.74 Å². The van der Waals surface area contributed by atoms with Gasteiger partial charge in [-0.1, -0.05) is 36.4 Å². The van der Waals surface area contributed by atoms with Crippen LogP contribution in [0.25, 0.3) is 0 Å². The lowest BCUT2D eigenvalue weighted by molar-refractivity contribution is 0.478. The summed E-state index contributed by atoms with van der Waals surface area (Å²) >= 11 is 0. The molecule has 1 nitrogen and oxygen atoms in total. The van der Waals surface area contributed by atoms with E-state index in [1.54, 1.807) is 0 Å². The highest BCUT2D eigenvalue weighted by atomic mass is 16.5. The van der Waals surface area contributed by atoms with Gasteiger partial charge in [0.1, 0.15) is 11.5 Å². The van der Waals surface area contributed by atoms with Crippen molar-refractivity contribution in [3.8, 4) is 11.5 Å². The number of para-hydroxylation sites is 2. The van der Waals surface area contributed by atoms with Gasteiger partial charge in [-0.25, -0.2) is 0 Å². The molecule has 0 aliphatic carbocycles. The van der Waals surface area contributed by atoms with Crippen molar-refractivity contribution in [3.05, 3.63) is 73.5 Å². The predicted octanol–water partition coefficient (Wildman–Crippen LogP) is 3.84. The molecule has 2 rings (SSSR count). The van der Waals surface area contributed by atoms with Crippen LogP contribution in [0.15, 0.2) is 48.5 Å². The molecule has 15 heavy (non-hydrogen) atoms. The van der Waals surface area contributed by atoms with Crippen LogP contribution < -0.4 is 4.74 Å². The summed E-state index contributed by atoms with van der Waals surface area (Å²) < 4.78 is 5.71. The largest absolute Gasteiger partial charge is 0.457 e. The monoisotopic (exact) mass is 196 g/mol. The second kappa shape index (κ2) is 4.18. The molecule has 0 saturated carbocycles. The lowest BCUT2D eigenvalue weighted by Crippen LogP contribution is -1.88. The zero-order valence-electron chi connectivity index (χ0n) is 8.44. The molecule has 0 atom stereocenters. The van der Waals surface area contributed by atoms with Crippen LogP contribution in [0.1, 0.15) is 11.1 Å². The molecule has 0 aliphatic rings. The van der Waals surface area contributed by atoms with Crippen LogP contribution in [-0.4, -0.2) is 0 Å². The lowest BCUT2D eigenvalue weighted by Gasteiger charge is -2.09. The van der Waals surface area contributed by atoms with Gasteiger partial charge < -0.3 is 4.74 Å². The van der Waals surface area contributed by atoms with Crippen LogP contribution in [-0.2, 0) is 0 Å². The van der Waals surface area contributed by atoms with Crippen LogP contribution in [0, 0.1) is 13.8 Å². The van der Waals surface area contributed by atoms with Crippen molar-refractivity contribution in [2.45, 2.75) is 0 Å². The van der Waals surface area contributed by atoms with Gasteiger partial charge in [-0.3, -0.25) is 0 Å². The molecule has 0 spiro atoms. The number of rotatable bonds is 2. The fourth-order valence-electron chi connectivity index (χ4n) is 1.33. The Balaban J connectivity index is 2.30. The van der Waals surface area contributed by atoms with E-state index in [0.717, 1.165) is 22.6 Å². The number of ether oxygens (including phenoxy) is 1. The van der Waals surface area contributed by atoms with Crippen molar-refractivity contribution in [1.82, 2.24) is 0 Å². The molecule has 0 bridgehead atoms. The molecule has 1 heteroatoms. The quantitative estimate of drug-likeness (QED) is 0.709. The first-order valence-corrected chi connectivity index (χ1v) is 4.77. The van der Waals surface area contributed by atoms with Gasteiger partial charge in [0.15, 0.2) is 0 Å². The highest BCUT2D eigenvalue weighted by Gasteiger charge is 2.01. The van der Waals surface area contributed by atoms with Crippen LogP contribution in [0.3, 0.4) is 0 Å². The van der Waals surface area contributed by atoms with Crippen molar-refractivity contribution in [1.29, 1.82) is 0 Å². The Labute approximate surface area is 90.3 Å². The van der Waals surface area contributed by atoms with E-state index in [-0.39, 0.29) is 0 Å². The fraction of sp³-hybridized carbons (Fsp3) is 0. The number of benzene rings is 2. The van der Waals surface area contributed by atoms with Crippen LogP contribution in [0.2, 0.25) is 0 Å². The van der Waals surface area contributed by atoms with Gasteiger partial charge >= 0.3 is 0 Å². The highest BCUT2D eigenvalue weighted by molar-refractivity contribution is 5.43. The zero-order chi connectivity index (χ0) is 10.7. The van der Waals surface area contributed by atoms with Crippen molar-refractivity contribution in [2.75, 3.05) is 0 Å². The third-order valence-corrected chi connectivity index (χ3v) is 2.17. The average molecular weight is 196 g/mol. The van der Waals surface area contributed by atoms with Gasteiger partial charge in [-0.2, -0.15) is 0 Å². The molecule has 0 saturated heterocycles. The maximum absolute atomic E-state index is 5.71. The van der Waals surface area contributed by atoms with Gasteiger partial charge in [0.25, 0.3) is 0 Å². The minimum Gasteiger partial charge on any atom is -0.457 e. The molecule has 0 unspecified atom stereocenters. The summed E-state index contributed by atoms with van der Waals surface area (Å²) in [5.74, 6) is 1.54. The lowest BCUT2D eigenvalue weighted by atomic mass is 10.2. The first-order valence-electron chi connectivity index (χ1n) is 4.77. The molecular weight excluding hydrogens is 184 g/mol. The van der Waals surface area contributed by atoms with Crippen molar-refractivity contribution in [3.63, 3.8) is 0 Å². The smallest absolute Gasteiger partial charge is 0.130 e. The molecule has 0 N–H and O–H groups in total. The first kappa shape index (κ1) is 9.78. The molecule has 0 aromatic heterocycles. The van der Waals surface area contributed by atoms with E-state index >= 15 is 0 Å². The summed E-state index contributed by atoms with van der Waals surface area (Å²) in [6.07, 6.45) is 0. The molecule has 2 radical (unpaired) electrons. The summed E-state index contributed by atoms with van der Waals surface area (Å²) in [4.78, 5) is 0. The molecule has 0 aliphatic heterocycles. The number of hydrogen-bond donors (Lipinski definition) is 0. The first-order chi connectivity index (χ1) is 7.27. The van der Waals surface area contributed by atoms with Crippen molar-refractivity contribution in [2.24, 2.45) is 0 Å². The van der Waals surface area contributed by atoms with E-state index in [9.17, 15) is 0 Å². The van der Waals surface area contributed by atoms with Gasteiger partial charge in [0.2, 0.25) is 0 Å². The summed E-state index contributed by atoms with van der Waals surface area (Å²) in [5.41, 5.74) is 1.75. The molecule has 2 aromatic rings. The van der Waals surface area contributed by atoms with Crippen molar-refractivity contribution < 1.29 is 4.74 Å². The van der Waals surface area contributed by atoms with E-state index in [0.29, 0.717) is 0 Å². The highest BCUT2D eigenvalue weighted by Crippen LogP contribution is 2.26. The second-order valence-electron chi connectivity index (χ2n) is 3.32. The van der Waals surface area contributed by atoms with Crippen LogP contribution in [0.4, 0.5) is 0 Å². The predicted molar refractivity (Wildman–Crippen MR) is 61.9 cm³/mol. The Hall–Kier alpha value is -1.76. The summed E-state index contributed by atoms with van der Waals surface area (Å²) in [7, 11) is 0. The average Bonchev–Trinajstić information content (AvgIpc) is 2.24. The Bertz CT molecular complexity index is 417. The van der Waals surface area contributed by atoms with Crippen LogP contribution in [0.5, 0.6) is 11.5 Å². The molecule has 0 heterocycles. The van der Waals surface area contributed by atoms with Gasteiger partial charge in [-0.05, 0) is 37.1 Å². The fourth-order valence-corrected chi connectivity index (χ4v) is 1.33. The van der Waals surface area contributed by atoms with E-state index in [2.05, 4.69) is 13.8 Å². The summed E-state index contributed by atoms with van der Waals surface area (Å²) in [5, 5.41) is 0. The van der Waals surface area contributed by atoms with E-state index in [1.807, 2.05) is 48.5 Å². The topological polar surface area (TPSA) is 9.23 Å². The molecular formula is C14H12O. The minimum absolute atomic E-state index is 0.772. The van der Waals surface area contributed by atoms with E-state index in [1.165, 1.54) is 0 Å².